The Bertz CT molecular complexity index is 268. The standard InChI is InChI=1S/C8H13NO5S/c1-4(7(11)12)6(10)9-5(2-3-15)8(13)14/h4-5,15H,2-3H2,1H3,(H,9,10)(H,11,12)(H,13,14)/t4?,5-/m0/s1. The van der Waals surface area contributed by atoms with E-state index in [0.717, 1.165) is 0 Å². The van der Waals surface area contributed by atoms with Crippen molar-refractivity contribution in [2.24, 2.45) is 5.92 Å². The third-order valence-corrected chi connectivity index (χ3v) is 2.05. The summed E-state index contributed by atoms with van der Waals surface area (Å²) in [6.07, 6.45) is 0.149. The monoisotopic (exact) mass is 235 g/mol. The van der Waals surface area contributed by atoms with Gasteiger partial charge in [0.2, 0.25) is 5.91 Å². The molecule has 3 N–H and O–H groups in total. The van der Waals surface area contributed by atoms with Crippen molar-refractivity contribution in [1.29, 1.82) is 0 Å². The summed E-state index contributed by atoms with van der Waals surface area (Å²) < 4.78 is 0. The largest absolute Gasteiger partial charge is 0.481 e. The molecule has 1 unspecified atom stereocenters. The number of rotatable bonds is 6. The molecule has 15 heavy (non-hydrogen) atoms. The van der Waals surface area contributed by atoms with Crippen LogP contribution in [0.4, 0.5) is 0 Å². The van der Waals surface area contributed by atoms with Gasteiger partial charge in [0.1, 0.15) is 12.0 Å². The van der Waals surface area contributed by atoms with Crippen LogP contribution in [0.2, 0.25) is 0 Å². The molecular formula is C8H13NO5S. The van der Waals surface area contributed by atoms with Crippen LogP contribution in [0.5, 0.6) is 0 Å². The minimum atomic E-state index is -1.29. The van der Waals surface area contributed by atoms with Crippen molar-refractivity contribution in [3.05, 3.63) is 0 Å². The fourth-order valence-electron chi connectivity index (χ4n) is 0.795. The molecule has 0 saturated carbocycles. The molecule has 0 aromatic carbocycles. The Kier molecular flexibility index (Phi) is 5.76. The van der Waals surface area contributed by atoms with Crippen molar-refractivity contribution >= 4 is 30.5 Å². The topological polar surface area (TPSA) is 104 Å². The Hall–Kier alpha value is -1.24. The summed E-state index contributed by atoms with van der Waals surface area (Å²) in [5.41, 5.74) is 0. The minimum absolute atomic E-state index is 0.149. The summed E-state index contributed by atoms with van der Waals surface area (Å²) in [4.78, 5) is 32.2. The Morgan fingerprint density at radius 1 is 1.27 bits per heavy atom. The Morgan fingerprint density at radius 3 is 2.13 bits per heavy atom. The van der Waals surface area contributed by atoms with E-state index in [9.17, 15) is 14.4 Å². The van der Waals surface area contributed by atoms with Crippen molar-refractivity contribution in [3.63, 3.8) is 0 Å². The summed E-state index contributed by atoms with van der Waals surface area (Å²) in [7, 11) is 0. The Labute approximate surface area is 92.1 Å². The predicted octanol–water partition coefficient (Wildman–Crippen LogP) is -0.404. The van der Waals surface area contributed by atoms with E-state index in [-0.39, 0.29) is 6.42 Å². The molecule has 2 atom stereocenters. The van der Waals surface area contributed by atoms with Crippen molar-refractivity contribution in [3.8, 4) is 0 Å². The Balaban J connectivity index is 4.35. The van der Waals surface area contributed by atoms with Crippen molar-refractivity contribution in [2.45, 2.75) is 19.4 Å². The number of carboxylic acid groups (broad SMARTS) is 2. The smallest absolute Gasteiger partial charge is 0.326 e. The zero-order chi connectivity index (χ0) is 12.0. The lowest BCUT2D eigenvalue weighted by Crippen LogP contribution is -2.44. The van der Waals surface area contributed by atoms with E-state index < -0.39 is 29.8 Å². The van der Waals surface area contributed by atoms with E-state index in [1.807, 2.05) is 0 Å². The quantitative estimate of drug-likeness (QED) is 0.370. The molecule has 0 aromatic rings. The summed E-state index contributed by atoms with van der Waals surface area (Å²) in [5.74, 6) is -4.26. The first-order chi connectivity index (χ1) is 6.90. The number of hydrogen-bond acceptors (Lipinski definition) is 4. The normalized spacial score (nSPS) is 14.0. The van der Waals surface area contributed by atoms with Crippen LogP contribution in [-0.4, -0.2) is 39.9 Å². The van der Waals surface area contributed by atoms with Crippen LogP contribution < -0.4 is 5.32 Å². The second-order valence-electron chi connectivity index (χ2n) is 2.97. The van der Waals surface area contributed by atoms with Gasteiger partial charge in [0.05, 0.1) is 0 Å². The zero-order valence-corrected chi connectivity index (χ0v) is 9.03. The molecule has 0 spiro atoms. The van der Waals surface area contributed by atoms with Crippen LogP contribution in [0.25, 0.3) is 0 Å². The van der Waals surface area contributed by atoms with Crippen LogP contribution in [0.15, 0.2) is 0 Å². The highest BCUT2D eigenvalue weighted by molar-refractivity contribution is 7.80. The lowest BCUT2D eigenvalue weighted by molar-refractivity contribution is -0.149. The summed E-state index contributed by atoms with van der Waals surface area (Å²) in [6.45, 7) is 1.19. The third-order valence-electron chi connectivity index (χ3n) is 1.80. The summed E-state index contributed by atoms with van der Waals surface area (Å²) in [6, 6.07) is -1.09. The molecule has 7 heteroatoms. The molecule has 1 amide bonds. The molecule has 6 nitrogen and oxygen atoms in total. The lowest BCUT2D eigenvalue weighted by Gasteiger charge is -2.14. The van der Waals surface area contributed by atoms with Crippen molar-refractivity contribution in [1.82, 2.24) is 5.32 Å². The van der Waals surface area contributed by atoms with Crippen LogP contribution in [0.1, 0.15) is 13.3 Å². The van der Waals surface area contributed by atoms with Gasteiger partial charge in [-0.3, -0.25) is 9.59 Å². The molecule has 0 rings (SSSR count). The highest BCUT2D eigenvalue weighted by Crippen LogP contribution is 1.99. The first-order valence-corrected chi connectivity index (χ1v) is 4.90. The van der Waals surface area contributed by atoms with Gasteiger partial charge in [-0.05, 0) is 19.1 Å². The molecule has 0 radical (unpaired) electrons. The van der Waals surface area contributed by atoms with Crippen LogP contribution in [-0.2, 0) is 14.4 Å². The molecule has 0 saturated heterocycles. The fourth-order valence-corrected chi connectivity index (χ4v) is 1.05. The van der Waals surface area contributed by atoms with Gasteiger partial charge in [-0.2, -0.15) is 12.6 Å². The SMILES string of the molecule is CC(C(=O)O)C(=O)N[C@@H](CCS)C(=O)O. The van der Waals surface area contributed by atoms with Gasteiger partial charge in [0, 0.05) is 0 Å². The number of carbonyl (C=O) groups excluding carboxylic acids is 1. The van der Waals surface area contributed by atoms with Gasteiger partial charge >= 0.3 is 11.9 Å². The second-order valence-corrected chi connectivity index (χ2v) is 3.42. The van der Waals surface area contributed by atoms with Crippen LogP contribution >= 0.6 is 12.6 Å². The summed E-state index contributed by atoms with van der Waals surface area (Å²) in [5, 5.41) is 19.3. The van der Waals surface area contributed by atoms with Gasteiger partial charge in [0.25, 0.3) is 0 Å². The van der Waals surface area contributed by atoms with Crippen molar-refractivity contribution in [2.75, 3.05) is 5.75 Å². The molecule has 0 aliphatic rings. The molecule has 0 heterocycles. The van der Waals surface area contributed by atoms with Gasteiger partial charge in [-0.15, -0.1) is 0 Å². The molecule has 0 aliphatic carbocycles. The van der Waals surface area contributed by atoms with Crippen LogP contribution in [0, 0.1) is 5.92 Å². The molecule has 0 aromatic heterocycles. The number of carbonyl (C=O) groups is 3. The summed E-state index contributed by atoms with van der Waals surface area (Å²) >= 11 is 3.84. The molecule has 0 fully saturated rings. The van der Waals surface area contributed by atoms with E-state index in [1.54, 1.807) is 0 Å². The molecular weight excluding hydrogens is 222 g/mol. The Morgan fingerprint density at radius 2 is 1.80 bits per heavy atom. The van der Waals surface area contributed by atoms with E-state index in [4.69, 9.17) is 10.2 Å². The van der Waals surface area contributed by atoms with E-state index in [1.165, 1.54) is 6.92 Å². The van der Waals surface area contributed by atoms with E-state index in [0.29, 0.717) is 5.75 Å². The lowest BCUT2D eigenvalue weighted by atomic mass is 10.1. The van der Waals surface area contributed by atoms with Gasteiger partial charge in [0.15, 0.2) is 0 Å². The van der Waals surface area contributed by atoms with Crippen LogP contribution in [0.3, 0.4) is 0 Å². The highest BCUT2D eigenvalue weighted by atomic mass is 32.1. The first-order valence-electron chi connectivity index (χ1n) is 4.27. The number of aliphatic carboxylic acids is 2. The maximum atomic E-state index is 11.2. The number of carboxylic acids is 2. The average Bonchev–Trinajstić information content (AvgIpc) is 2.15. The molecule has 86 valence electrons. The fraction of sp³-hybridized carbons (Fsp3) is 0.625. The van der Waals surface area contributed by atoms with Gasteiger partial charge in [-0.25, -0.2) is 4.79 Å². The van der Waals surface area contributed by atoms with E-state index in [2.05, 4.69) is 17.9 Å². The highest BCUT2D eigenvalue weighted by Gasteiger charge is 2.25. The van der Waals surface area contributed by atoms with Gasteiger partial charge < -0.3 is 15.5 Å². The third kappa shape index (κ3) is 4.68. The first kappa shape index (κ1) is 13.8. The molecule has 0 aliphatic heterocycles. The second kappa shape index (κ2) is 6.28. The number of nitrogens with one attached hydrogen (secondary N) is 1. The zero-order valence-electron chi connectivity index (χ0n) is 8.14. The number of hydrogen-bond donors (Lipinski definition) is 4. The molecule has 0 bridgehead atoms. The number of amides is 1. The minimum Gasteiger partial charge on any atom is -0.481 e. The van der Waals surface area contributed by atoms with Gasteiger partial charge in [-0.1, -0.05) is 0 Å². The average molecular weight is 235 g/mol. The predicted molar refractivity (Wildman–Crippen MR) is 54.8 cm³/mol. The maximum absolute atomic E-state index is 11.2. The van der Waals surface area contributed by atoms with Crippen molar-refractivity contribution < 1.29 is 24.6 Å². The van der Waals surface area contributed by atoms with E-state index >= 15 is 0 Å². The number of thiol groups is 1. The maximum Gasteiger partial charge on any atom is 0.326 e.